The maximum Gasteiger partial charge on any atom is 0.308 e. The van der Waals surface area contributed by atoms with Gasteiger partial charge in [-0.1, -0.05) is 72.0 Å². The third kappa shape index (κ3) is 5.51. The molecule has 35 heavy (non-hydrogen) atoms. The summed E-state index contributed by atoms with van der Waals surface area (Å²) in [6.07, 6.45) is 0. The number of thioether (sulfide) groups is 1. The van der Waals surface area contributed by atoms with Gasteiger partial charge in [-0.15, -0.1) is 11.8 Å². The van der Waals surface area contributed by atoms with E-state index < -0.39 is 10.0 Å². The van der Waals surface area contributed by atoms with E-state index in [2.05, 4.69) is 16.9 Å². The van der Waals surface area contributed by atoms with Crippen LogP contribution in [-0.4, -0.2) is 13.0 Å². The molecular weight excluding hydrogens is 497 g/mol. The molecular formula is C27H22N2O3S3. The molecule has 5 rings (SSSR count). The van der Waals surface area contributed by atoms with Crippen LogP contribution in [0.4, 0.5) is 5.69 Å². The van der Waals surface area contributed by atoms with Crippen LogP contribution in [0.25, 0.3) is 10.2 Å². The molecule has 0 unspecified atom stereocenters. The van der Waals surface area contributed by atoms with Crippen molar-refractivity contribution in [2.24, 2.45) is 0 Å². The highest BCUT2D eigenvalue weighted by molar-refractivity contribution is 7.98. The average molecular weight is 519 g/mol. The van der Waals surface area contributed by atoms with Gasteiger partial charge in [-0.25, -0.2) is 8.42 Å². The monoisotopic (exact) mass is 518 g/mol. The van der Waals surface area contributed by atoms with E-state index in [4.69, 9.17) is 0 Å². The minimum atomic E-state index is -3.80. The fourth-order valence-electron chi connectivity index (χ4n) is 3.70. The number of hydrogen-bond donors (Lipinski definition) is 1. The van der Waals surface area contributed by atoms with Crippen molar-refractivity contribution in [3.8, 4) is 0 Å². The van der Waals surface area contributed by atoms with Crippen molar-refractivity contribution in [2.45, 2.75) is 22.1 Å². The zero-order valence-electron chi connectivity index (χ0n) is 18.6. The summed E-state index contributed by atoms with van der Waals surface area (Å²) < 4.78 is 31.0. The van der Waals surface area contributed by atoms with Crippen molar-refractivity contribution < 1.29 is 8.42 Å². The first-order chi connectivity index (χ1) is 17.0. The lowest BCUT2D eigenvalue weighted by Gasteiger charge is -2.10. The van der Waals surface area contributed by atoms with Crippen LogP contribution in [0, 0.1) is 0 Å². The van der Waals surface area contributed by atoms with Crippen LogP contribution in [0.3, 0.4) is 0 Å². The van der Waals surface area contributed by atoms with Gasteiger partial charge in [-0.05, 0) is 53.6 Å². The summed E-state index contributed by atoms with van der Waals surface area (Å²) in [7, 11) is -3.80. The molecule has 0 aliphatic carbocycles. The van der Waals surface area contributed by atoms with E-state index in [-0.39, 0.29) is 9.77 Å². The Labute approximate surface area is 212 Å². The average Bonchev–Trinajstić information content (AvgIpc) is 3.19. The topological polar surface area (TPSA) is 68.2 Å². The Balaban J connectivity index is 1.31. The van der Waals surface area contributed by atoms with Crippen LogP contribution in [0.15, 0.2) is 118 Å². The lowest BCUT2D eigenvalue weighted by molar-refractivity contribution is 0.601. The van der Waals surface area contributed by atoms with Gasteiger partial charge < -0.3 is 0 Å². The summed E-state index contributed by atoms with van der Waals surface area (Å²) in [5.74, 6) is 0.798. The molecule has 5 aromatic rings. The molecule has 0 saturated heterocycles. The van der Waals surface area contributed by atoms with Crippen molar-refractivity contribution in [3.05, 3.63) is 124 Å². The summed E-state index contributed by atoms with van der Waals surface area (Å²) in [5, 5.41) is 0. The summed E-state index contributed by atoms with van der Waals surface area (Å²) in [6.45, 7) is 0.443. The number of sulfonamides is 1. The second-order valence-corrected chi connectivity index (χ2v) is 11.7. The molecule has 0 amide bonds. The van der Waals surface area contributed by atoms with E-state index in [0.29, 0.717) is 16.9 Å². The van der Waals surface area contributed by atoms with Crippen LogP contribution in [0.1, 0.15) is 11.1 Å². The van der Waals surface area contributed by atoms with Gasteiger partial charge in [0.25, 0.3) is 10.0 Å². The third-order valence-electron chi connectivity index (χ3n) is 5.49. The van der Waals surface area contributed by atoms with Gasteiger partial charge in [-0.3, -0.25) is 14.1 Å². The van der Waals surface area contributed by atoms with Gasteiger partial charge in [0.2, 0.25) is 0 Å². The second-order valence-electron chi connectivity index (χ2n) is 7.97. The molecule has 1 heterocycles. The Morgan fingerprint density at radius 1 is 0.800 bits per heavy atom. The zero-order valence-corrected chi connectivity index (χ0v) is 21.1. The molecule has 0 aliphatic heterocycles. The lowest BCUT2D eigenvalue weighted by atomic mass is 10.2. The number of rotatable bonds is 8. The largest absolute Gasteiger partial charge is 0.308 e. The molecule has 5 nitrogen and oxygen atoms in total. The number of nitrogens with zero attached hydrogens (tertiary/aromatic N) is 1. The van der Waals surface area contributed by atoms with E-state index in [0.717, 1.165) is 33.7 Å². The Morgan fingerprint density at radius 2 is 1.49 bits per heavy atom. The van der Waals surface area contributed by atoms with E-state index in [1.54, 1.807) is 46.7 Å². The highest BCUT2D eigenvalue weighted by atomic mass is 32.2. The van der Waals surface area contributed by atoms with Crippen LogP contribution in [-0.2, 0) is 22.3 Å². The fraction of sp³-hybridized carbons (Fsp3) is 0.0741. The fourth-order valence-corrected chi connectivity index (χ4v) is 6.66. The first-order valence-electron chi connectivity index (χ1n) is 10.9. The van der Waals surface area contributed by atoms with Crippen LogP contribution >= 0.6 is 23.1 Å². The van der Waals surface area contributed by atoms with E-state index in [1.165, 1.54) is 4.90 Å². The number of benzene rings is 4. The molecule has 1 N–H and O–H groups in total. The predicted octanol–water partition coefficient (Wildman–Crippen LogP) is 6.20. The molecule has 0 fully saturated rings. The van der Waals surface area contributed by atoms with E-state index in [9.17, 15) is 13.2 Å². The Kier molecular flexibility index (Phi) is 6.77. The normalized spacial score (nSPS) is 11.5. The molecule has 0 atom stereocenters. The van der Waals surface area contributed by atoms with Crippen molar-refractivity contribution in [1.82, 2.24) is 4.57 Å². The molecule has 0 bridgehead atoms. The summed E-state index contributed by atoms with van der Waals surface area (Å²) in [5.41, 5.74) is 3.34. The predicted molar refractivity (Wildman–Crippen MR) is 145 cm³/mol. The highest BCUT2D eigenvalue weighted by Crippen LogP contribution is 2.26. The standard InChI is InChI=1S/C27H22N2O3S3/c30-27-29(18-20-7-3-1-4-8-20)25-16-15-24(17-26(25)34-27)35(31,32)28-22-13-11-21(12-14-22)19-33-23-9-5-2-6-10-23/h1-17,28H,18-19H2. The van der Waals surface area contributed by atoms with Gasteiger partial charge in [0.05, 0.1) is 21.7 Å². The number of thiazole rings is 1. The van der Waals surface area contributed by atoms with E-state index >= 15 is 0 Å². The SMILES string of the molecule is O=c1sc2cc(S(=O)(=O)Nc3ccc(CSc4ccccc4)cc3)ccc2n1Cc1ccccc1. The van der Waals surface area contributed by atoms with Crippen molar-refractivity contribution in [1.29, 1.82) is 0 Å². The molecule has 176 valence electrons. The Morgan fingerprint density at radius 3 is 2.20 bits per heavy atom. The molecule has 8 heteroatoms. The maximum absolute atomic E-state index is 13.0. The number of fused-ring (bicyclic) bond motifs is 1. The number of hydrogen-bond acceptors (Lipinski definition) is 5. The van der Waals surface area contributed by atoms with Crippen molar-refractivity contribution >= 4 is 49.0 Å². The summed E-state index contributed by atoms with van der Waals surface area (Å²) >= 11 is 2.78. The van der Waals surface area contributed by atoms with Gasteiger partial charge in [0.1, 0.15) is 0 Å². The zero-order chi connectivity index (χ0) is 24.3. The summed E-state index contributed by atoms with van der Waals surface area (Å²) in [6, 6.07) is 32.1. The van der Waals surface area contributed by atoms with Crippen LogP contribution in [0.2, 0.25) is 0 Å². The van der Waals surface area contributed by atoms with Crippen LogP contribution in [0.5, 0.6) is 0 Å². The van der Waals surface area contributed by atoms with Gasteiger partial charge >= 0.3 is 4.87 Å². The summed E-state index contributed by atoms with van der Waals surface area (Å²) in [4.78, 5) is 13.8. The van der Waals surface area contributed by atoms with Gasteiger partial charge in [0, 0.05) is 16.3 Å². The molecule has 4 aromatic carbocycles. The first-order valence-corrected chi connectivity index (χ1v) is 14.2. The van der Waals surface area contributed by atoms with Crippen molar-refractivity contribution in [2.75, 3.05) is 4.72 Å². The molecule has 0 aliphatic rings. The van der Waals surface area contributed by atoms with E-state index in [1.807, 2.05) is 60.7 Å². The minimum Gasteiger partial charge on any atom is -0.294 e. The Bertz CT molecular complexity index is 1610. The lowest BCUT2D eigenvalue weighted by Crippen LogP contribution is -2.14. The van der Waals surface area contributed by atoms with Gasteiger partial charge in [-0.2, -0.15) is 0 Å². The van der Waals surface area contributed by atoms with Crippen LogP contribution < -0.4 is 9.60 Å². The number of aromatic nitrogens is 1. The van der Waals surface area contributed by atoms with Gasteiger partial charge in [0.15, 0.2) is 0 Å². The smallest absolute Gasteiger partial charge is 0.294 e. The third-order valence-corrected chi connectivity index (χ3v) is 8.89. The second kappa shape index (κ2) is 10.1. The molecule has 0 radical (unpaired) electrons. The van der Waals surface area contributed by atoms with Crippen molar-refractivity contribution in [3.63, 3.8) is 0 Å². The maximum atomic E-state index is 13.0. The minimum absolute atomic E-state index is 0.115. The number of nitrogens with one attached hydrogen (secondary N) is 1. The first kappa shape index (κ1) is 23.4. The molecule has 1 aromatic heterocycles. The number of anilines is 1. The molecule has 0 saturated carbocycles. The highest BCUT2D eigenvalue weighted by Gasteiger charge is 2.17. The molecule has 0 spiro atoms. The quantitative estimate of drug-likeness (QED) is 0.248. The Hall–Kier alpha value is -3.33.